The van der Waals surface area contributed by atoms with Crippen LogP contribution in [0.2, 0.25) is 0 Å². The Hall–Kier alpha value is -1.59. The first kappa shape index (κ1) is 14.6. The number of benzene rings is 1. The molecule has 0 aromatic heterocycles. The second-order valence-corrected chi connectivity index (χ2v) is 8.83. The van der Waals surface area contributed by atoms with Crippen molar-refractivity contribution in [3.05, 3.63) is 23.3 Å². The van der Waals surface area contributed by atoms with Gasteiger partial charge in [0.1, 0.15) is 0 Å². The van der Waals surface area contributed by atoms with Gasteiger partial charge in [0.15, 0.2) is 23.4 Å². The second kappa shape index (κ2) is 4.38. The molecule has 1 saturated heterocycles. The molecule has 3 fully saturated rings. The lowest BCUT2D eigenvalue weighted by Gasteiger charge is -2.63. The van der Waals surface area contributed by atoms with Crippen LogP contribution in [0.25, 0.3) is 0 Å². The van der Waals surface area contributed by atoms with E-state index in [2.05, 4.69) is 4.90 Å². The van der Waals surface area contributed by atoms with Gasteiger partial charge in [-0.05, 0) is 56.2 Å². The van der Waals surface area contributed by atoms with E-state index in [0.717, 1.165) is 43.8 Å². The molecule has 5 nitrogen and oxygen atoms in total. The SMILES string of the molecule is N[C@@]12CCC(=O)C3Oc4c(O)ccc5c4[C@@]31CCN(CC1CC1)[C@@H]2C5. The number of piperidine rings is 1. The first-order chi connectivity index (χ1) is 12.0. The van der Waals surface area contributed by atoms with Gasteiger partial charge in [-0.15, -0.1) is 0 Å². The second-order valence-electron chi connectivity index (χ2n) is 8.83. The maximum Gasteiger partial charge on any atom is 0.174 e. The minimum Gasteiger partial charge on any atom is -0.504 e. The summed E-state index contributed by atoms with van der Waals surface area (Å²) in [6.45, 7) is 2.11. The van der Waals surface area contributed by atoms with E-state index in [9.17, 15) is 9.90 Å². The molecule has 1 aromatic carbocycles. The van der Waals surface area contributed by atoms with Crippen LogP contribution in [0.3, 0.4) is 0 Å². The molecule has 1 aromatic rings. The van der Waals surface area contributed by atoms with Gasteiger partial charge in [0.05, 0.1) is 5.41 Å². The molecule has 0 amide bonds. The fraction of sp³-hybridized carbons (Fsp3) is 0.650. The number of hydrogen-bond acceptors (Lipinski definition) is 5. The Morgan fingerprint density at radius 3 is 2.96 bits per heavy atom. The standard InChI is InChI=1S/C20H24N2O3/c21-20-6-5-14(24)18-19(20)7-8-22(10-11-1-2-11)15(20)9-12-3-4-13(23)17(25-18)16(12)19/h3-4,11,15,18,23H,1-2,5-10,21H2/t15-,18?,19+,20-/m1/s1. The summed E-state index contributed by atoms with van der Waals surface area (Å²) in [4.78, 5) is 15.4. The highest BCUT2D eigenvalue weighted by Crippen LogP contribution is 2.64. The predicted molar refractivity (Wildman–Crippen MR) is 91.8 cm³/mol. The maximum atomic E-state index is 12.8. The van der Waals surface area contributed by atoms with Crippen molar-refractivity contribution in [2.24, 2.45) is 11.7 Å². The molecule has 1 spiro atoms. The number of phenolic OH excluding ortho intramolecular Hbond substituents is 1. The zero-order valence-corrected chi connectivity index (χ0v) is 14.3. The Kier molecular flexibility index (Phi) is 2.55. The van der Waals surface area contributed by atoms with Gasteiger partial charge in [0.25, 0.3) is 0 Å². The van der Waals surface area contributed by atoms with E-state index in [-0.39, 0.29) is 17.6 Å². The van der Waals surface area contributed by atoms with Crippen molar-refractivity contribution in [3.63, 3.8) is 0 Å². The summed E-state index contributed by atoms with van der Waals surface area (Å²) < 4.78 is 6.12. The van der Waals surface area contributed by atoms with Crippen LogP contribution < -0.4 is 10.5 Å². The lowest BCUT2D eigenvalue weighted by Crippen LogP contribution is -2.80. The van der Waals surface area contributed by atoms with E-state index < -0.39 is 17.1 Å². The molecule has 4 atom stereocenters. The molecular formula is C20H24N2O3. The number of carbonyl (C=O) groups excluding carboxylic acids is 1. The van der Waals surface area contributed by atoms with Crippen molar-refractivity contribution in [2.75, 3.05) is 13.1 Å². The summed E-state index contributed by atoms with van der Waals surface area (Å²) in [5.41, 5.74) is 8.57. The molecule has 5 heteroatoms. The van der Waals surface area contributed by atoms with E-state index >= 15 is 0 Å². The highest BCUT2D eigenvalue weighted by atomic mass is 16.5. The number of phenols is 1. The van der Waals surface area contributed by atoms with Crippen LogP contribution in [0.15, 0.2) is 12.1 Å². The van der Waals surface area contributed by atoms with E-state index in [0.29, 0.717) is 12.2 Å². The van der Waals surface area contributed by atoms with Gasteiger partial charge in [0.2, 0.25) is 0 Å². The number of nitrogens with zero attached hydrogens (tertiary/aromatic N) is 1. The summed E-state index contributed by atoms with van der Waals surface area (Å²) >= 11 is 0. The molecule has 2 aliphatic heterocycles. The van der Waals surface area contributed by atoms with Gasteiger partial charge in [-0.25, -0.2) is 0 Å². The lowest BCUT2D eigenvalue weighted by molar-refractivity contribution is -0.141. The van der Waals surface area contributed by atoms with Crippen molar-refractivity contribution >= 4 is 5.78 Å². The van der Waals surface area contributed by atoms with E-state index in [1.165, 1.54) is 18.4 Å². The van der Waals surface area contributed by atoms with Gasteiger partial charge in [0, 0.05) is 30.1 Å². The molecular weight excluding hydrogens is 316 g/mol. The number of ketones is 1. The minimum atomic E-state index is -0.515. The Morgan fingerprint density at radius 2 is 2.16 bits per heavy atom. The average Bonchev–Trinajstić information content (AvgIpc) is 3.32. The highest BCUT2D eigenvalue weighted by molar-refractivity contribution is 5.90. The number of likely N-dealkylation sites (tertiary alicyclic amines) is 1. The van der Waals surface area contributed by atoms with Gasteiger partial charge >= 0.3 is 0 Å². The number of rotatable bonds is 2. The van der Waals surface area contributed by atoms with Crippen molar-refractivity contribution in [2.45, 2.75) is 61.6 Å². The fourth-order valence-corrected chi connectivity index (χ4v) is 6.37. The summed E-state index contributed by atoms with van der Waals surface area (Å²) in [6, 6.07) is 4.01. The van der Waals surface area contributed by atoms with E-state index in [1.807, 2.05) is 6.07 Å². The molecule has 132 valence electrons. The summed E-state index contributed by atoms with van der Waals surface area (Å²) in [5, 5.41) is 10.4. The fourth-order valence-electron chi connectivity index (χ4n) is 6.37. The topological polar surface area (TPSA) is 75.8 Å². The third kappa shape index (κ3) is 1.56. The van der Waals surface area contributed by atoms with Gasteiger partial charge in [-0.3, -0.25) is 9.69 Å². The largest absolute Gasteiger partial charge is 0.504 e. The number of Topliss-reactive ketones (excluding diaryl/α,β-unsaturated/α-hetero) is 1. The van der Waals surface area contributed by atoms with Crippen LogP contribution in [0, 0.1) is 5.92 Å². The smallest absolute Gasteiger partial charge is 0.174 e. The molecule has 3 N–H and O–H groups in total. The lowest BCUT2D eigenvalue weighted by atomic mass is 9.47. The third-order valence-corrected chi connectivity index (χ3v) is 7.69. The van der Waals surface area contributed by atoms with Crippen LogP contribution in [-0.2, 0) is 16.6 Å². The van der Waals surface area contributed by atoms with E-state index in [1.54, 1.807) is 6.07 Å². The Labute approximate surface area is 147 Å². The molecule has 2 bridgehead atoms. The van der Waals surface area contributed by atoms with Gasteiger partial charge in [-0.2, -0.15) is 0 Å². The normalized spacial score (nSPS) is 41.4. The summed E-state index contributed by atoms with van der Waals surface area (Å²) in [5.74, 6) is 1.66. The monoisotopic (exact) mass is 340 g/mol. The number of ether oxygens (including phenoxy) is 1. The quantitative estimate of drug-likeness (QED) is 0.853. The van der Waals surface area contributed by atoms with Crippen molar-refractivity contribution < 1.29 is 14.6 Å². The van der Waals surface area contributed by atoms with Crippen LogP contribution in [0.1, 0.15) is 43.2 Å². The molecule has 2 heterocycles. The third-order valence-electron chi connectivity index (χ3n) is 7.69. The van der Waals surface area contributed by atoms with Crippen LogP contribution in [0.4, 0.5) is 0 Å². The first-order valence-corrected chi connectivity index (χ1v) is 9.62. The molecule has 1 unspecified atom stereocenters. The van der Waals surface area contributed by atoms with Gasteiger partial charge < -0.3 is 15.6 Å². The number of aromatic hydroxyl groups is 1. The molecule has 25 heavy (non-hydrogen) atoms. The Balaban J connectivity index is 1.58. The average molecular weight is 340 g/mol. The van der Waals surface area contributed by atoms with E-state index in [4.69, 9.17) is 10.5 Å². The molecule has 2 saturated carbocycles. The zero-order chi connectivity index (χ0) is 17.0. The van der Waals surface area contributed by atoms with Gasteiger partial charge in [-0.1, -0.05) is 6.07 Å². The Bertz CT molecular complexity index is 804. The van der Waals surface area contributed by atoms with Crippen molar-refractivity contribution in [1.82, 2.24) is 4.90 Å². The van der Waals surface area contributed by atoms with Crippen molar-refractivity contribution in [3.8, 4) is 11.5 Å². The van der Waals surface area contributed by atoms with Crippen LogP contribution in [-0.4, -0.2) is 46.6 Å². The first-order valence-electron chi connectivity index (χ1n) is 9.62. The zero-order valence-electron chi connectivity index (χ0n) is 14.3. The number of nitrogens with two attached hydrogens (primary N) is 1. The molecule has 0 radical (unpaired) electrons. The molecule has 3 aliphatic carbocycles. The summed E-state index contributed by atoms with van der Waals surface area (Å²) in [6.07, 6.45) is 5.13. The predicted octanol–water partition coefficient (Wildman–Crippen LogP) is 1.49. The number of hydrogen-bond donors (Lipinski definition) is 2. The highest BCUT2D eigenvalue weighted by Gasteiger charge is 2.72. The Morgan fingerprint density at radius 1 is 1.32 bits per heavy atom. The molecule has 5 aliphatic rings. The van der Waals surface area contributed by atoms with Crippen LogP contribution >= 0.6 is 0 Å². The molecule has 6 rings (SSSR count). The maximum absolute atomic E-state index is 12.8. The summed E-state index contributed by atoms with van der Waals surface area (Å²) in [7, 11) is 0. The van der Waals surface area contributed by atoms with Crippen molar-refractivity contribution in [1.29, 1.82) is 0 Å². The number of carbonyl (C=O) groups is 1. The van der Waals surface area contributed by atoms with Crippen LogP contribution in [0.5, 0.6) is 11.5 Å². The minimum absolute atomic E-state index is 0.150.